The third-order valence-corrected chi connectivity index (χ3v) is 3.98. The molecule has 0 radical (unpaired) electrons. The molecule has 0 atom stereocenters. The summed E-state index contributed by atoms with van der Waals surface area (Å²) in [5.41, 5.74) is 1.05. The maximum atomic E-state index is 11.8. The van der Waals surface area contributed by atoms with E-state index < -0.39 is 5.97 Å². The van der Waals surface area contributed by atoms with Gasteiger partial charge in [0.25, 0.3) is 5.56 Å². The minimum absolute atomic E-state index is 0.0507. The van der Waals surface area contributed by atoms with Crippen molar-refractivity contribution >= 4 is 28.3 Å². The fourth-order valence-corrected chi connectivity index (χ4v) is 2.80. The molecule has 0 aliphatic heterocycles. The Balaban J connectivity index is 1.64. The summed E-state index contributed by atoms with van der Waals surface area (Å²) >= 11 is 1.35. The molecule has 2 aromatic heterocycles. The number of aromatic nitrogens is 2. The molecule has 0 saturated heterocycles. The maximum absolute atomic E-state index is 11.8. The van der Waals surface area contributed by atoms with Gasteiger partial charge in [0.05, 0.1) is 12.8 Å². The standard InChI is InChI=1S/C17H14N2O4S/c1-22-14-4-2-3-12(9-14)5-6-16(21)23-11-13-10-15(20)19-7-8-24-17(19)18-13/h2-10H,11H2,1H3. The summed E-state index contributed by atoms with van der Waals surface area (Å²) in [5, 5.41) is 1.77. The Hall–Kier alpha value is -2.93. The van der Waals surface area contributed by atoms with Gasteiger partial charge in [-0.25, -0.2) is 9.78 Å². The lowest BCUT2D eigenvalue weighted by atomic mass is 10.2. The minimum atomic E-state index is -0.508. The number of fused-ring (bicyclic) bond motifs is 1. The van der Waals surface area contributed by atoms with Gasteiger partial charge in [0.2, 0.25) is 0 Å². The first-order valence-electron chi connectivity index (χ1n) is 7.10. The molecule has 3 rings (SSSR count). The number of nitrogens with zero attached hydrogens (tertiary/aromatic N) is 2. The van der Waals surface area contributed by atoms with E-state index in [2.05, 4.69) is 4.98 Å². The molecule has 0 spiro atoms. The van der Waals surface area contributed by atoms with Crippen molar-refractivity contribution in [2.75, 3.05) is 7.11 Å². The van der Waals surface area contributed by atoms with Gasteiger partial charge in [-0.05, 0) is 23.8 Å². The number of methoxy groups -OCH3 is 1. The van der Waals surface area contributed by atoms with Crippen molar-refractivity contribution in [1.29, 1.82) is 0 Å². The Kier molecular flexibility index (Phi) is 4.72. The molecule has 0 aliphatic rings. The molecule has 0 amide bonds. The van der Waals surface area contributed by atoms with Gasteiger partial charge in [-0.1, -0.05) is 12.1 Å². The van der Waals surface area contributed by atoms with Gasteiger partial charge in [-0.15, -0.1) is 11.3 Å². The van der Waals surface area contributed by atoms with E-state index in [1.165, 1.54) is 27.9 Å². The predicted molar refractivity (Wildman–Crippen MR) is 91.2 cm³/mol. The Bertz CT molecular complexity index is 958. The first-order chi connectivity index (χ1) is 11.7. The summed E-state index contributed by atoms with van der Waals surface area (Å²) in [4.78, 5) is 28.5. The molecule has 3 aromatic rings. The summed E-state index contributed by atoms with van der Waals surface area (Å²) in [6.07, 6.45) is 4.61. The van der Waals surface area contributed by atoms with E-state index in [1.807, 2.05) is 18.2 Å². The van der Waals surface area contributed by atoms with Crippen LogP contribution >= 0.6 is 11.3 Å². The zero-order valence-corrected chi connectivity index (χ0v) is 13.7. The van der Waals surface area contributed by atoms with Crippen LogP contribution in [-0.2, 0) is 16.1 Å². The van der Waals surface area contributed by atoms with E-state index in [0.717, 1.165) is 5.56 Å². The van der Waals surface area contributed by atoms with Crippen molar-refractivity contribution in [3.63, 3.8) is 0 Å². The third-order valence-electron chi connectivity index (χ3n) is 3.22. The lowest BCUT2D eigenvalue weighted by Gasteiger charge is -2.02. The molecule has 0 aliphatic carbocycles. The number of esters is 1. The summed E-state index contributed by atoms with van der Waals surface area (Å²) < 4.78 is 11.7. The van der Waals surface area contributed by atoms with Crippen LogP contribution in [0.5, 0.6) is 5.75 Å². The van der Waals surface area contributed by atoms with Gasteiger partial charge in [0.15, 0.2) is 4.96 Å². The van der Waals surface area contributed by atoms with Gasteiger partial charge in [-0.3, -0.25) is 9.20 Å². The number of hydrogen-bond acceptors (Lipinski definition) is 6. The minimum Gasteiger partial charge on any atom is -0.497 e. The molecule has 0 unspecified atom stereocenters. The topological polar surface area (TPSA) is 69.9 Å². The Morgan fingerprint density at radius 1 is 1.38 bits per heavy atom. The van der Waals surface area contributed by atoms with Gasteiger partial charge < -0.3 is 9.47 Å². The van der Waals surface area contributed by atoms with Crippen LogP contribution in [0.15, 0.2) is 52.8 Å². The molecule has 24 heavy (non-hydrogen) atoms. The molecule has 0 bridgehead atoms. The van der Waals surface area contributed by atoms with Crippen LogP contribution in [0, 0.1) is 0 Å². The molecular formula is C17H14N2O4S. The van der Waals surface area contributed by atoms with Crippen LogP contribution in [0.3, 0.4) is 0 Å². The normalized spacial score (nSPS) is 11.0. The second-order valence-electron chi connectivity index (χ2n) is 4.86. The van der Waals surface area contributed by atoms with Crippen LogP contribution in [0.2, 0.25) is 0 Å². The monoisotopic (exact) mass is 342 g/mol. The summed E-state index contributed by atoms with van der Waals surface area (Å²) in [5.74, 6) is 0.199. The van der Waals surface area contributed by atoms with E-state index in [-0.39, 0.29) is 12.2 Å². The van der Waals surface area contributed by atoms with Crippen molar-refractivity contribution in [2.24, 2.45) is 0 Å². The summed E-state index contributed by atoms with van der Waals surface area (Å²) in [6, 6.07) is 8.66. The molecular weight excluding hydrogens is 328 g/mol. The summed E-state index contributed by atoms with van der Waals surface area (Å²) in [6.45, 7) is -0.0507. The number of benzene rings is 1. The van der Waals surface area contributed by atoms with E-state index in [4.69, 9.17) is 9.47 Å². The van der Waals surface area contributed by atoms with Crippen LogP contribution < -0.4 is 10.3 Å². The third kappa shape index (κ3) is 3.69. The molecule has 0 N–H and O–H groups in total. The lowest BCUT2D eigenvalue weighted by molar-refractivity contribution is -0.139. The quantitative estimate of drug-likeness (QED) is 0.526. The largest absolute Gasteiger partial charge is 0.497 e. The summed E-state index contributed by atoms with van der Waals surface area (Å²) in [7, 11) is 1.58. The highest BCUT2D eigenvalue weighted by molar-refractivity contribution is 7.15. The second kappa shape index (κ2) is 7.10. The highest BCUT2D eigenvalue weighted by atomic mass is 32.1. The average molecular weight is 342 g/mol. The SMILES string of the molecule is COc1cccc(C=CC(=O)OCc2cc(=O)n3ccsc3n2)c1. The van der Waals surface area contributed by atoms with Gasteiger partial charge in [-0.2, -0.15) is 0 Å². The first-order valence-corrected chi connectivity index (χ1v) is 7.98. The number of carbonyl (C=O) groups is 1. The molecule has 122 valence electrons. The zero-order valence-electron chi connectivity index (χ0n) is 12.8. The molecule has 7 heteroatoms. The van der Waals surface area contributed by atoms with E-state index in [0.29, 0.717) is 16.4 Å². The number of carbonyl (C=O) groups excluding carboxylic acids is 1. The zero-order chi connectivity index (χ0) is 16.9. The average Bonchev–Trinajstić information content (AvgIpc) is 3.07. The smallest absolute Gasteiger partial charge is 0.331 e. The van der Waals surface area contributed by atoms with Crippen molar-refractivity contribution in [2.45, 2.75) is 6.61 Å². The van der Waals surface area contributed by atoms with Crippen molar-refractivity contribution in [1.82, 2.24) is 9.38 Å². The van der Waals surface area contributed by atoms with Gasteiger partial charge in [0.1, 0.15) is 12.4 Å². The predicted octanol–water partition coefficient (Wildman–Crippen LogP) is 2.52. The Morgan fingerprint density at radius 2 is 2.25 bits per heavy atom. The highest BCUT2D eigenvalue weighted by Crippen LogP contribution is 2.13. The lowest BCUT2D eigenvalue weighted by Crippen LogP contribution is -2.14. The number of rotatable bonds is 5. The van der Waals surface area contributed by atoms with Crippen LogP contribution in [-0.4, -0.2) is 22.5 Å². The fourth-order valence-electron chi connectivity index (χ4n) is 2.06. The highest BCUT2D eigenvalue weighted by Gasteiger charge is 2.05. The number of ether oxygens (including phenoxy) is 2. The van der Waals surface area contributed by atoms with Crippen molar-refractivity contribution in [3.05, 3.63) is 69.6 Å². The molecule has 0 fully saturated rings. The van der Waals surface area contributed by atoms with Crippen molar-refractivity contribution < 1.29 is 14.3 Å². The van der Waals surface area contributed by atoms with Gasteiger partial charge in [0, 0.05) is 23.7 Å². The first kappa shape index (κ1) is 15.9. The maximum Gasteiger partial charge on any atom is 0.331 e. The number of thiazole rings is 1. The van der Waals surface area contributed by atoms with E-state index in [1.54, 1.807) is 30.8 Å². The second-order valence-corrected chi connectivity index (χ2v) is 5.73. The van der Waals surface area contributed by atoms with E-state index >= 15 is 0 Å². The molecule has 1 aromatic carbocycles. The van der Waals surface area contributed by atoms with Crippen LogP contribution in [0.25, 0.3) is 11.0 Å². The van der Waals surface area contributed by atoms with Crippen LogP contribution in [0.4, 0.5) is 0 Å². The molecule has 2 heterocycles. The Labute approximate surface area is 141 Å². The van der Waals surface area contributed by atoms with Gasteiger partial charge >= 0.3 is 5.97 Å². The number of hydrogen-bond donors (Lipinski definition) is 0. The van der Waals surface area contributed by atoms with Crippen molar-refractivity contribution in [3.8, 4) is 5.75 Å². The fraction of sp³-hybridized carbons (Fsp3) is 0.118. The molecule has 6 nitrogen and oxygen atoms in total. The Morgan fingerprint density at radius 3 is 3.08 bits per heavy atom. The van der Waals surface area contributed by atoms with Crippen LogP contribution in [0.1, 0.15) is 11.3 Å². The van der Waals surface area contributed by atoms with E-state index in [9.17, 15) is 9.59 Å². The molecule has 0 saturated carbocycles.